The molecule has 0 spiro atoms. The van der Waals surface area contributed by atoms with Crippen LogP contribution in [-0.4, -0.2) is 30.6 Å². The minimum Gasteiger partial charge on any atom is -0.326 e. The highest BCUT2D eigenvalue weighted by atomic mass is 15.2. The lowest BCUT2D eigenvalue weighted by Crippen LogP contribution is -2.27. The smallest absolute Gasteiger partial charge is 0.0180 e. The number of nitrogens with zero attached hydrogens (tertiary/aromatic N) is 1. The number of benzene rings is 1. The summed E-state index contributed by atoms with van der Waals surface area (Å²) in [5, 5.41) is 0. The fraction of sp³-hybridized carbons (Fsp3) is 0.538. The molecule has 82 valence electrons. The summed E-state index contributed by atoms with van der Waals surface area (Å²) in [7, 11) is 0. The summed E-state index contributed by atoms with van der Waals surface area (Å²) in [5.74, 6) is 0. The van der Waals surface area contributed by atoms with Crippen LogP contribution in [0.1, 0.15) is 18.4 Å². The third kappa shape index (κ3) is 3.33. The fourth-order valence-corrected chi connectivity index (χ4v) is 2.22. The van der Waals surface area contributed by atoms with E-state index in [9.17, 15) is 0 Å². The molecule has 1 fully saturated rings. The highest BCUT2D eigenvalue weighted by molar-refractivity contribution is 5.14. The summed E-state index contributed by atoms with van der Waals surface area (Å²) in [6, 6.07) is 11.1. The second-order valence-corrected chi connectivity index (χ2v) is 4.44. The van der Waals surface area contributed by atoms with Crippen LogP contribution in [0.5, 0.6) is 0 Å². The van der Waals surface area contributed by atoms with Gasteiger partial charge in [0.1, 0.15) is 0 Å². The first kappa shape index (κ1) is 10.7. The van der Waals surface area contributed by atoms with E-state index in [1.807, 2.05) is 0 Å². The number of likely N-dealkylation sites (tertiary alicyclic amines) is 1. The van der Waals surface area contributed by atoms with Crippen LogP contribution in [0.25, 0.3) is 0 Å². The van der Waals surface area contributed by atoms with E-state index in [0.717, 1.165) is 6.54 Å². The molecule has 0 amide bonds. The van der Waals surface area contributed by atoms with E-state index in [2.05, 4.69) is 35.2 Å². The Morgan fingerprint density at radius 1 is 1.27 bits per heavy atom. The Bertz CT molecular complexity index is 284. The van der Waals surface area contributed by atoms with Gasteiger partial charge in [-0.2, -0.15) is 0 Å². The number of hydrogen-bond acceptors (Lipinski definition) is 2. The van der Waals surface area contributed by atoms with E-state index in [1.54, 1.807) is 0 Å². The Morgan fingerprint density at radius 3 is 2.73 bits per heavy atom. The second-order valence-electron chi connectivity index (χ2n) is 4.44. The van der Waals surface area contributed by atoms with Gasteiger partial charge in [-0.25, -0.2) is 0 Å². The van der Waals surface area contributed by atoms with Crippen molar-refractivity contribution in [1.29, 1.82) is 0 Å². The van der Waals surface area contributed by atoms with E-state index >= 15 is 0 Å². The van der Waals surface area contributed by atoms with Gasteiger partial charge in [-0.15, -0.1) is 0 Å². The van der Waals surface area contributed by atoms with Crippen molar-refractivity contribution in [2.75, 3.05) is 19.6 Å². The van der Waals surface area contributed by atoms with Gasteiger partial charge in [-0.05, 0) is 37.9 Å². The van der Waals surface area contributed by atoms with Crippen LogP contribution in [-0.2, 0) is 6.42 Å². The minimum atomic E-state index is 0.418. The molecule has 1 saturated heterocycles. The summed E-state index contributed by atoms with van der Waals surface area (Å²) >= 11 is 0. The van der Waals surface area contributed by atoms with Crippen molar-refractivity contribution < 1.29 is 0 Å². The van der Waals surface area contributed by atoms with Gasteiger partial charge in [-0.3, -0.25) is 0 Å². The molecule has 1 aliphatic heterocycles. The van der Waals surface area contributed by atoms with Gasteiger partial charge in [0, 0.05) is 12.6 Å². The lowest BCUT2D eigenvalue weighted by Gasteiger charge is -2.14. The maximum Gasteiger partial charge on any atom is 0.0180 e. The van der Waals surface area contributed by atoms with Gasteiger partial charge in [0.2, 0.25) is 0 Å². The quantitative estimate of drug-likeness (QED) is 0.808. The Morgan fingerprint density at radius 2 is 2.07 bits per heavy atom. The number of aryl methyl sites for hydroxylation is 1. The number of hydrogen-bond donors (Lipinski definition) is 1. The van der Waals surface area contributed by atoms with Crippen molar-refractivity contribution >= 4 is 0 Å². The van der Waals surface area contributed by atoms with Crippen LogP contribution >= 0.6 is 0 Å². The topological polar surface area (TPSA) is 29.3 Å². The molecule has 0 radical (unpaired) electrons. The van der Waals surface area contributed by atoms with Crippen molar-refractivity contribution in [3.05, 3.63) is 35.9 Å². The van der Waals surface area contributed by atoms with Crippen LogP contribution in [0.3, 0.4) is 0 Å². The summed E-state index contributed by atoms with van der Waals surface area (Å²) in [6.07, 6.45) is 3.61. The zero-order valence-electron chi connectivity index (χ0n) is 9.23. The largest absolute Gasteiger partial charge is 0.326 e. The minimum absolute atomic E-state index is 0.418. The first-order valence-electron chi connectivity index (χ1n) is 5.86. The average Bonchev–Trinajstić information content (AvgIpc) is 2.66. The molecule has 15 heavy (non-hydrogen) atoms. The van der Waals surface area contributed by atoms with Crippen LogP contribution in [0, 0.1) is 0 Å². The van der Waals surface area contributed by atoms with Gasteiger partial charge in [0.25, 0.3) is 0 Å². The predicted octanol–water partition coefficient (Wildman–Crippen LogP) is 1.65. The summed E-state index contributed by atoms with van der Waals surface area (Å²) in [5.41, 5.74) is 7.31. The lowest BCUT2D eigenvalue weighted by atomic mass is 10.1. The molecule has 2 heteroatoms. The van der Waals surface area contributed by atoms with Crippen LogP contribution < -0.4 is 5.73 Å². The summed E-state index contributed by atoms with van der Waals surface area (Å²) in [4.78, 5) is 2.48. The van der Waals surface area contributed by atoms with Crippen molar-refractivity contribution in [3.8, 4) is 0 Å². The van der Waals surface area contributed by atoms with Crippen molar-refractivity contribution in [2.24, 2.45) is 5.73 Å². The van der Waals surface area contributed by atoms with Gasteiger partial charge in [0.15, 0.2) is 0 Å². The van der Waals surface area contributed by atoms with E-state index in [1.165, 1.54) is 37.9 Å². The molecule has 0 aromatic heterocycles. The number of nitrogens with two attached hydrogens (primary N) is 1. The molecule has 0 saturated carbocycles. The van der Waals surface area contributed by atoms with Gasteiger partial charge in [-0.1, -0.05) is 30.3 Å². The predicted molar refractivity (Wildman–Crippen MR) is 63.8 cm³/mol. The number of rotatable bonds is 4. The SMILES string of the molecule is N[C@H]1CCN(CCCc2ccccc2)C1. The molecule has 1 aliphatic rings. The van der Waals surface area contributed by atoms with E-state index in [-0.39, 0.29) is 0 Å². The van der Waals surface area contributed by atoms with E-state index in [4.69, 9.17) is 5.73 Å². The first-order chi connectivity index (χ1) is 7.34. The zero-order valence-corrected chi connectivity index (χ0v) is 9.23. The Labute approximate surface area is 92.1 Å². The lowest BCUT2D eigenvalue weighted by molar-refractivity contribution is 0.329. The standard InChI is InChI=1S/C13H20N2/c14-13-8-10-15(11-13)9-4-7-12-5-2-1-3-6-12/h1-3,5-6,13H,4,7-11,14H2/t13-/m0/s1. The first-order valence-corrected chi connectivity index (χ1v) is 5.86. The van der Waals surface area contributed by atoms with Crippen molar-refractivity contribution in [2.45, 2.75) is 25.3 Å². The third-order valence-corrected chi connectivity index (χ3v) is 3.09. The third-order valence-electron chi connectivity index (χ3n) is 3.09. The Balaban J connectivity index is 1.67. The average molecular weight is 204 g/mol. The van der Waals surface area contributed by atoms with E-state index < -0.39 is 0 Å². The molecular weight excluding hydrogens is 184 g/mol. The van der Waals surface area contributed by atoms with Crippen LogP contribution in [0.15, 0.2) is 30.3 Å². The molecule has 1 heterocycles. The van der Waals surface area contributed by atoms with Crippen molar-refractivity contribution in [1.82, 2.24) is 4.90 Å². The summed E-state index contributed by atoms with van der Waals surface area (Å²) in [6.45, 7) is 3.48. The fourth-order valence-electron chi connectivity index (χ4n) is 2.22. The zero-order chi connectivity index (χ0) is 10.5. The molecule has 1 aromatic rings. The Hall–Kier alpha value is -0.860. The summed E-state index contributed by atoms with van der Waals surface area (Å²) < 4.78 is 0. The molecule has 0 bridgehead atoms. The van der Waals surface area contributed by atoms with E-state index in [0.29, 0.717) is 6.04 Å². The molecular formula is C13H20N2. The van der Waals surface area contributed by atoms with Gasteiger partial charge >= 0.3 is 0 Å². The molecule has 2 rings (SSSR count). The molecule has 1 aromatic carbocycles. The maximum atomic E-state index is 5.87. The van der Waals surface area contributed by atoms with Crippen LogP contribution in [0.4, 0.5) is 0 Å². The van der Waals surface area contributed by atoms with Crippen LogP contribution in [0.2, 0.25) is 0 Å². The normalized spacial score (nSPS) is 22.1. The second kappa shape index (κ2) is 5.29. The molecule has 2 N–H and O–H groups in total. The van der Waals surface area contributed by atoms with Crippen molar-refractivity contribution in [3.63, 3.8) is 0 Å². The molecule has 0 unspecified atom stereocenters. The molecule has 2 nitrogen and oxygen atoms in total. The molecule has 1 atom stereocenters. The highest BCUT2D eigenvalue weighted by Gasteiger charge is 2.17. The van der Waals surface area contributed by atoms with Gasteiger partial charge in [0.05, 0.1) is 0 Å². The van der Waals surface area contributed by atoms with Gasteiger partial charge < -0.3 is 10.6 Å². The maximum absolute atomic E-state index is 5.87. The highest BCUT2D eigenvalue weighted by Crippen LogP contribution is 2.09. The Kier molecular flexibility index (Phi) is 3.75. The molecule has 0 aliphatic carbocycles. The monoisotopic (exact) mass is 204 g/mol.